The van der Waals surface area contributed by atoms with Gasteiger partial charge in [-0.3, -0.25) is 14.4 Å². The minimum absolute atomic E-state index is 0.0198. The summed E-state index contributed by atoms with van der Waals surface area (Å²) in [7, 11) is 0. The van der Waals surface area contributed by atoms with Gasteiger partial charge in [-0.25, -0.2) is 4.79 Å². The largest absolute Gasteiger partial charge is 0.491 e. The van der Waals surface area contributed by atoms with E-state index in [2.05, 4.69) is 10.6 Å². The average molecular weight is 501 g/mol. The Morgan fingerprint density at radius 3 is 2.17 bits per heavy atom. The van der Waals surface area contributed by atoms with E-state index < -0.39 is 24.1 Å². The number of ether oxygens (including phenoxy) is 4. The maximum atomic E-state index is 12.6. The van der Waals surface area contributed by atoms with E-state index in [0.29, 0.717) is 11.3 Å². The highest BCUT2D eigenvalue weighted by Crippen LogP contribution is 2.24. The van der Waals surface area contributed by atoms with Crippen LogP contribution in [0.2, 0.25) is 0 Å². The quantitative estimate of drug-likeness (QED) is 0.259. The van der Waals surface area contributed by atoms with Crippen LogP contribution in [-0.2, 0) is 30.4 Å². The van der Waals surface area contributed by atoms with E-state index in [1.807, 2.05) is 44.2 Å². The normalized spacial score (nSPS) is 11.1. The summed E-state index contributed by atoms with van der Waals surface area (Å²) in [6, 6.07) is 12.7. The van der Waals surface area contributed by atoms with Crippen LogP contribution in [0.3, 0.4) is 0 Å². The second-order valence-electron chi connectivity index (χ2n) is 8.02. The Hall–Kier alpha value is -4.08. The smallest absolute Gasteiger partial charge is 0.407 e. The SMILES string of the molecule is CC(=O)OCC(CNC(=O)c1cc(C)c(OCCNC(=O)OCc2ccccc2)c(C)c1)OC(C)=O. The summed E-state index contributed by atoms with van der Waals surface area (Å²) < 4.78 is 20.9. The molecule has 0 spiro atoms. The van der Waals surface area contributed by atoms with E-state index in [0.717, 1.165) is 16.7 Å². The molecule has 2 N–H and O–H groups in total. The number of benzene rings is 2. The molecule has 1 atom stereocenters. The fourth-order valence-electron chi connectivity index (χ4n) is 3.28. The van der Waals surface area contributed by atoms with E-state index in [-0.39, 0.29) is 38.8 Å². The Morgan fingerprint density at radius 1 is 0.889 bits per heavy atom. The molecule has 0 aliphatic rings. The monoisotopic (exact) mass is 500 g/mol. The van der Waals surface area contributed by atoms with Crippen LogP contribution >= 0.6 is 0 Å². The predicted octanol–water partition coefficient (Wildman–Crippen LogP) is 2.83. The number of esters is 2. The molecule has 2 rings (SSSR count). The van der Waals surface area contributed by atoms with Gasteiger partial charge in [0, 0.05) is 19.4 Å². The zero-order valence-electron chi connectivity index (χ0n) is 20.9. The number of aryl methyl sites for hydroxylation is 2. The third-order valence-electron chi connectivity index (χ3n) is 4.85. The van der Waals surface area contributed by atoms with Crippen LogP contribution in [0.15, 0.2) is 42.5 Å². The number of alkyl carbamates (subject to hydrolysis) is 1. The van der Waals surface area contributed by atoms with Crippen LogP contribution in [0.25, 0.3) is 0 Å². The Morgan fingerprint density at radius 2 is 1.56 bits per heavy atom. The van der Waals surface area contributed by atoms with Crippen molar-refractivity contribution in [1.29, 1.82) is 0 Å². The van der Waals surface area contributed by atoms with Crippen LogP contribution < -0.4 is 15.4 Å². The maximum Gasteiger partial charge on any atom is 0.407 e. The van der Waals surface area contributed by atoms with E-state index in [1.54, 1.807) is 12.1 Å². The zero-order chi connectivity index (χ0) is 26.5. The molecule has 1 unspecified atom stereocenters. The van der Waals surface area contributed by atoms with Crippen molar-refractivity contribution in [1.82, 2.24) is 10.6 Å². The highest BCUT2D eigenvalue weighted by molar-refractivity contribution is 5.95. The van der Waals surface area contributed by atoms with E-state index in [4.69, 9.17) is 18.9 Å². The Balaban J connectivity index is 1.82. The molecule has 2 amide bonds. The molecule has 2 aromatic carbocycles. The fourth-order valence-corrected chi connectivity index (χ4v) is 3.28. The minimum Gasteiger partial charge on any atom is -0.491 e. The van der Waals surface area contributed by atoms with Crippen molar-refractivity contribution < 1.29 is 38.1 Å². The Labute approximate surface area is 210 Å². The van der Waals surface area contributed by atoms with Gasteiger partial charge in [-0.1, -0.05) is 30.3 Å². The molecule has 0 fully saturated rings. The van der Waals surface area contributed by atoms with Crippen LogP contribution in [-0.4, -0.2) is 56.3 Å². The van der Waals surface area contributed by atoms with Crippen molar-refractivity contribution in [2.24, 2.45) is 0 Å². The number of hydrogen-bond acceptors (Lipinski definition) is 8. The molecule has 0 aliphatic heterocycles. The zero-order valence-corrected chi connectivity index (χ0v) is 20.9. The van der Waals surface area contributed by atoms with Gasteiger partial charge in [0.25, 0.3) is 5.91 Å². The van der Waals surface area contributed by atoms with E-state index in [1.165, 1.54) is 13.8 Å². The molecule has 0 aliphatic carbocycles. The third kappa shape index (κ3) is 10.0. The molecule has 10 heteroatoms. The molecule has 2 aromatic rings. The summed E-state index contributed by atoms with van der Waals surface area (Å²) in [6.45, 7) is 6.56. The highest BCUT2D eigenvalue weighted by atomic mass is 16.6. The number of rotatable bonds is 12. The lowest BCUT2D eigenvalue weighted by Gasteiger charge is -2.18. The molecule has 36 heavy (non-hydrogen) atoms. The molecule has 0 saturated heterocycles. The first-order chi connectivity index (χ1) is 17.2. The van der Waals surface area contributed by atoms with Crippen LogP contribution in [0.4, 0.5) is 4.79 Å². The van der Waals surface area contributed by atoms with Crippen molar-refractivity contribution in [3.8, 4) is 5.75 Å². The summed E-state index contributed by atoms with van der Waals surface area (Å²) in [5, 5.41) is 5.31. The molecule has 10 nitrogen and oxygen atoms in total. The number of amides is 2. The molecule has 0 bridgehead atoms. The maximum absolute atomic E-state index is 12.6. The van der Waals surface area contributed by atoms with Gasteiger partial charge in [-0.05, 0) is 42.7 Å². The lowest BCUT2D eigenvalue weighted by molar-refractivity contribution is -0.155. The number of hydrogen-bond donors (Lipinski definition) is 2. The molecule has 0 saturated carbocycles. The summed E-state index contributed by atoms with van der Waals surface area (Å²) in [6.07, 6.45) is -1.34. The second kappa shape index (κ2) is 14.3. The molecule has 0 radical (unpaired) electrons. The number of carbonyl (C=O) groups is 4. The standard InChI is InChI=1S/C26H32N2O8/c1-17-12-22(25(31)28-14-23(36-20(4)30)16-34-19(3)29)13-18(2)24(17)33-11-10-27-26(32)35-15-21-8-6-5-7-9-21/h5-9,12-13,23H,10-11,14-16H2,1-4H3,(H,27,32)(H,28,31). The lowest BCUT2D eigenvalue weighted by atomic mass is 10.0. The van der Waals surface area contributed by atoms with Gasteiger partial charge in [-0.2, -0.15) is 0 Å². The first-order valence-electron chi connectivity index (χ1n) is 11.4. The van der Waals surface area contributed by atoms with Crippen LogP contribution in [0, 0.1) is 13.8 Å². The van der Waals surface area contributed by atoms with Crippen molar-refractivity contribution in [3.05, 3.63) is 64.7 Å². The average Bonchev–Trinajstić information content (AvgIpc) is 2.83. The van der Waals surface area contributed by atoms with Crippen molar-refractivity contribution in [3.63, 3.8) is 0 Å². The minimum atomic E-state index is -0.799. The fraction of sp³-hybridized carbons (Fsp3) is 0.385. The van der Waals surface area contributed by atoms with Gasteiger partial charge in [0.2, 0.25) is 0 Å². The highest BCUT2D eigenvalue weighted by Gasteiger charge is 2.17. The van der Waals surface area contributed by atoms with E-state index >= 15 is 0 Å². The first kappa shape index (κ1) is 28.2. The van der Waals surface area contributed by atoms with Crippen molar-refractivity contribution in [2.75, 3.05) is 26.3 Å². The van der Waals surface area contributed by atoms with Gasteiger partial charge in [0.15, 0.2) is 6.10 Å². The summed E-state index contributed by atoms with van der Waals surface area (Å²) in [5.74, 6) is -0.831. The van der Waals surface area contributed by atoms with Gasteiger partial charge < -0.3 is 29.6 Å². The molecular formula is C26H32N2O8. The predicted molar refractivity (Wildman–Crippen MR) is 131 cm³/mol. The van der Waals surface area contributed by atoms with Gasteiger partial charge >= 0.3 is 18.0 Å². The number of nitrogens with one attached hydrogen (secondary N) is 2. The summed E-state index contributed by atoms with van der Waals surface area (Å²) in [4.78, 5) is 46.7. The Bertz CT molecular complexity index is 1030. The lowest BCUT2D eigenvalue weighted by Crippen LogP contribution is -2.37. The molecule has 0 aromatic heterocycles. The van der Waals surface area contributed by atoms with E-state index in [9.17, 15) is 19.2 Å². The first-order valence-corrected chi connectivity index (χ1v) is 11.4. The summed E-state index contributed by atoms with van der Waals surface area (Å²) >= 11 is 0. The molecule has 0 heterocycles. The van der Waals surface area contributed by atoms with Crippen LogP contribution in [0.1, 0.15) is 40.9 Å². The summed E-state index contributed by atoms with van der Waals surface area (Å²) in [5.41, 5.74) is 2.77. The molecular weight excluding hydrogens is 468 g/mol. The van der Waals surface area contributed by atoms with Gasteiger partial charge in [0.05, 0.1) is 13.1 Å². The van der Waals surface area contributed by atoms with Gasteiger partial charge in [0.1, 0.15) is 25.6 Å². The van der Waals surface area contributed by atoms with Crippen molar-refractivity contribution in [2.45, 2.75) is 40.4 Å². The molecule has 194 valence electrons. The topological polar surface area (TPSA) is 129 Å². The second-order valence-corrected chi connectivity index (χ2v) is 8.02. The third-order valence-corrected chi connectivity index (χ3v) is 4.85. The van der Waals surface area contributed by atoms with Crippen LogP contribution in [0.5, 0.6) is 5.75 Å². The van der Waals surface area contributed by atoms with Gasteiger partial charge in [-0.15, -0.1) is 0 Å². The van der Waals surface area contributed by atoms with Crippen molar-refractivity contribution >= 4 is 23.9 Å². The number of carbonyl (C=O) groups excluding carboxylic acids is 4. The Kier molecular flexibility index (Phi) is 11.2.